The van der Waals surface area contributed by atoms with E-state index in [0.717, 1.165) is 10.8 Å². The van der Waals surface area contributed by atoms with Gasteiger partial charge in [0.05, 0.1) is 5.25 Å². The molecule has 1 aromatic heterocycles. The number of ether oxygens (including phenoxy) is 2. The Morgan fingerprint density at radius 3 is 2.69 bits per heavy atom. The number of benzene rings is 2. The van der Waals surface area contributed by atoms with Crippen molar-refractivity contribution in [2.45, 2.75) is 31.2 Å². The number of aryl methyl sites for hydroxylation is 2. The molecule has 4 rings (SSSR count). The molecule has 1 N–H and O–H groups in total. The van der Waals surface area contributed by atoms with Crippen LogP contribution in [0.1, 0.15) is 18.1 Å². The van der Waals surface area contributed by atoms with Gasteiger partial charge in [-0.05, 0) is 56.2 Å². The van der Waals surface area contributed by atoms with E-state index in [4.69, 9.17) is 9.47 Å². The van der Waals surface area contributed by atoms with Crippen molar-refractivity contribution in [2.24, 2.45) is 0 Å². The molecule has 150 valence electrons. The van der Waals surface area contributed by atoms with Gasteiger partial charge in [0.2, 0.25) is 5.91 Å². The summed E-state index contributed by atoms with van der Waals surface area (Å²) in [6.45, 7) is 7.10. The number of rotatable bonds is 5. The zero-order chi connectivity index (χ0) is 20.4. The summed E-state index contributed by atoms with van der Waals surface area (Å²) in [5.74, 6) is 1.26. The minimum atomic E-state index is -0.323. The third kappa shape index (κ3) is 4.24. The van der Waals surface area contributed by atoms with Crippen LogP contribution in [0.5, 0.6) is 11.5 Å². The Labute approximate surface area is 174 Å². The zero-order valence-electron chi connectivity index (χ0n) is 16.6. The molecule has 0 bridgehead atoms. The topological polar surface area (TPSA) is 65.4 Å². The zero-order valence-corrected chi connectivity index (χ0v) is 17.5. The minimum absolute atomic E-state index is 0.0960. The lowest BCUT2D eigenvalue weighted by Gasteiger charge is -2.19. The monoisotopic (exact) mass is 409 g/mol. The molecule has 7 heteroatoms. The van der Waals surface area contributed by atoms with Gasteiger partial charge in [0.15, 0.2) is 16.7 Å². The van der Waals surface area contributed by atoms with Gasteiger partial charge < -0.3 is 14.8 Å². The molecule has 2 heterocycles. The SMILES string of the molecule is Cc1ccc(-n2ccnc2S[C@@H](C)C(=O)Nc2ccc3c(c2)OCCO3)cc1C. The minimum Gasteiger partial charge on any atom is -0.486 e. The Kier molecular flexibility index (Phi) is 5.49. The van der Waals surface area contributed by atoms with Crippen LogP contribution in [0.2, 0.25) is 0 Å². The molecule has 0 saturated carbocycles. The van der Waals surface area contributed by atoms with Crippen molar-refractivity contribution >= 4 is 23.4 Å². The quantitative estimate of drug-likeness (QED) is 0.634. The molecular weight excluding hydrogens is 386 g/mol. The molecule has 0 spiro atoms. The van der Waals surface area contributed by atoms with E-state index in [1.54, 1.807) is 12.3 Å². The fraction of sp³-hybridized carbons (Fsp3) is 0.273. The van der Waals surface area contributed by atoms with Crippen molar-refractivity contribution < 1.29 is 14.3 Å². The number of anilines is 1. The van der Waals surface area contributed by atoms with E-state index in [0.29, 0.717) is 30.4 Å². The highest BCUT2D eigenvalue weighted by atomic mass is 32.2. The first-order chi connectivity index (χ1) is 14.0. The number of carbonyl (C=O) groups excluding carboxylic acids is 1. The van der Waals surface area contributed by atoms with E-state index in [1.165, 1.54) is 22.9 Å². The maximum Gasteiger partial charge on any atom is 0.237 e. The van der Waals surface area contributed by atoms with E-state index < -0.39 is 0 Å². The first-order valence-electron chi connectivity index (χ1n) is 9.49. The van der Waals surface area contributed by atoms with E-state index in [9.17, 15) is 4.79 Å². The highest BCUT2D eigenvalue weighted by Crippen LogP contribution is 2.33. The number of aromatic nitrogens is 2. The van der Waals surface area contributed by atoms with Crippen molar-refractivity contribution in [1.29, 1.82) is 0 Å². The van der Waals surface area contributed by atoms with Crippen LogP contribution < -0.4 is 14.8 Å². The summed E-state index contributed by atoms with van der Waals surface area (Å²) in [6, 6.07) is 11.7. The highest BCUT2D eigenvalue weighted by Gasteiger charge is 2.19. The van der Waals surface area contributed by atoms with Crippen LogP contribution in [0.4, 0.5) is 5.69 Å². The van der Waals surface area contributed by atoms with Crippen LogP contribution in [0.25, 0.3) is 5.69 Å². The fourth-order valence-electron chi connectivity index (χ4n) is 3.03. The van der Waals surface area contributed by atoms with Gasteiger partial charge in [-0.1, -0.05) is 17.8 Å². The molecule has 29 heavy (non-hydrogen) atoms. The third-order valence-electron chi connectivity index (χ3n) is 4.84. The van der Waals surface area contributed by atoms with Crippen LogP contribution in [0.15, 0.2) is 53.9 Å². The predicted molar refractivity (Wildman–Crippen MR) is 114 cm³/mol. The van der Waals surface area contributed by atoms with Gasteiger partial charge >= 0.3 is 0 Å². The largest absolute Gasteiger partial charge is 0.486 e. The summed E-state index contributed by atoms with van der Waals surface area (Å²) < 4.78 is 13.1. The molecule has 1 aliphatic heterocycles. The number of fused-ring (bicyclic) bond motifs is 1. The molecule has 3 aromatic rings. The smallest absolute Gasteiger partial charge is 0.237 e. The Morgan fingerprint density at radius 2 is 1.90 bits per heavy atom. The Balaban J connectivity index is 1.46. The number of nitrogens with zero attached hydrogens (tertiary/aromatic N) is 2. The molecule has 0 aliphatic carbocycles. The van der Waals surface area contributed by atoms with Gasteiger partial charge in [0, 0.05) is 29.8 Å². The maximum absolute atomic E-state index is 12.7. The Bertz CT molecular complexity index is 1050. The molecule has 6 nitrogen and oxygen atoms in total. The van der Waals surface area contributed by atoms with Crippen LogP contribution in [0.3, 0.4) is 0 Å². The van der Waals surface area contributed by atoms with Crippen molar-refractivity contribution in [3.8, 4) is 17.2 Å². The molecule has 1 atom stereocenters. The first kappa shape index (κ1) is 19.4. The molecule has 1 aliphatic rings. The molecule has 1 amide bonds. The van der Waals surface area contributed by atoms with Gasteiger partial charge in [-0.3, -0.25) is 9.36 Å². The van der Waals surface area contributed by atoms with E-state index in [2.05, 4.69) is 42.3 Å². The van der Waals surface area contributed by atoms with Crippen LogP contribution in [-0.4, -0.2) is 33.9 Å². The second-order valence-electron chi connectivity index (χ2n) is 6.96. The van der Waals surface area contributed by atoms with Crippen LogP contribution >= 0.6 is 11.8 Å². The summed E-state index contributed by atoms with van der Waals surface area (Å²) in [6.07, 6.45) is 3.67. The summed E-state index contributed by atoms with van der Waals surface area (Å²) in [5.41, 5.74) is 4.18. The molecule has 2 aromatic carbocycles. The average Bonchev–Trinajstić information content (AvgIpc) is 3.18. The number of hydrogen-bond donors (Lipinski definition) is 1. The summed E-state index contributed by atoms with van der Waals surface area (Å²) in [4.78, 5) is 17.2. The van der Waals surface area contributed by atoms with E-state index in [-0.39, 0.29) is 11.2 Å². The molecular formula is C22H23N3O3S. The lowest BCUT2D eigenvalue weighted by molar-refractivity contribution is -0.115. The first-order valence-corrected chi connectivity index (χ1v) is 10.4. The van der Waals surface area contributed by atoms with Crippen molar-refractivity contribution in [3.05, 3.63) is 59.9 Å². The summed E-state index contributed by atoms with van der Waals surface area (Å²) in [7, 11) is 0. The van der Waals surface area contributed by atoms with Crippen molar-refractivity contribution in [1.82, 2.24) is 9.55 Å². The van der Waals surface area contributed by atoms with Gasteiger partial charge in [-0.2, -0.15) is 0 Å². The van der Waals surface area contributed by atoms with Gasteiger partial charge in [0.1, 0.15) is 13.2 Å². The van der Waals surface area contributed by atoms with Crippen LogP contribution in [-0.2, 0) is 4.79 Å². The Hall–Kier alpha value is -2.93. The molecule has 0 unspecified atom stereocenters. The standard InChI is InChI=1S/C22H23N3O3S/c1-14-4-6-18(12-15(14)2)25-9-8-23-22(25)29-16(3)21(26)24-17-5-7-19-20(13-17)28-11-10-27-19/h4-9,12-13,16H,10-11H2,1-3H3,(H,24,26)/t16-/m0/s1. The van der Waals surface area contributed by atoms with Gasteiger partial charge in [-0.15, -0.1) is 0 Å². The lowest BCUT2D eigenvalue weighted by Crippen LogP contribution is -2.23. The lowest BCUT2D eigenvalue weighted by atomic mass is 10.1. The number of imidazole rings is 1. The molecule has 0 radical (unpaired) electrons. The van der Waals surface area contributed by atoms with E-state index in [1.807, 2.05) is 29.8 Å². The highest BCUT2D eigenvalue weighted by molar-refractivity contribution is 8.00. The number of carbonyl (C=O) groups is 1. The normalized spacial score (nSPS) is 13.8. The van der Waals surface area contributed by atoms with Gasteiger partial charge in [-0.25, -0.2) is 4.98 Å². The summed E-state index contributed by atoms with van der Waals surface area (Å²) >= 11 is 1.42. The fourth-order valence-corrected chi connectivity index (χ4v) is 3.91. The number of hydrogen-bond acceptors (Lipinski definition) is 5. The average molecular weight is 410 g/mol. The second kappa shape index (κ2) is 8.21. The molecule has 0 fully saturated rings. The third-order valence-corrected chi connectivity index (χ3v) is 5.92. The number of amides is 1. The summed E-state index contributed by atoms with van der Waals surface area (Å²) in [5, 5.41) is 3.40. The van der Waals surface area contributed by atoms with Crippen molar-refractivity contribution in [3.63, 3.8) is 0 Å². The number of thioether (sulfide) groups is 1. The van der Waals surface area contributed by atoms with Crippen LogP contribution in [0, 0.1) is 13.8 Å². The number of nitrogens with one attached hydrogen (secondary N) is 1. The maximum atomic E-state index is 12.7. The van der Waals surface area contributed by atoms with Gasteiger partial charge in [0.25, 0.3) is 0 Å². The molecule has 0 saturated heterocycles. The second-order valence-corrected chi connectivity index (χ2v) is 8.26. The predicted octanol–water partition coefficient (Wildman–Crippen LogP) is 4.38. The van der Waals surface area contributed by atoms with E-state index >= 15 is 0 Å². The van der Waals surface area contributed by atoms with Crippen molar-refractivity contribution in [2.75, 3.05) is 18.5 Å². The Morgan fingerprint density at radius 1 is 1.10 bits per heavy atom.